The monoisotopic (exact) mass is 308 g/mol. The van der Waals surface area contributed by atoms with Crippen LogP contribution in [0.1, 0.15) is 31.2 Å². The number of nitrogens with zero attached hydrogens (tertiary/aromatic N) is 1. The van der Waals surface area contributed by atoms with Crippen LogP contribution in [0.25, 0.3) is 0 Å². The van der Waals surface area contributed by atoms with Gasteiger partial charge in [0, 0.05) is 22.2 Å². The van der Waals surface area contributed by atoms with Crippen molar-refractivity contribution in [2.75, 3.05) is 11.4 Å². The summed E-state index contributed by atoms with van der Waals surface area (Å²) in [6.45, 7) is 3.00. The van der Waals surface area contributed by atoms with Crippen LogP contribution in [0.4, 0.5) is 5.69 Å². The van der Waals surface area contributed by atoms with E-state index in [0.29, 0.717) is 12.1 Å². The van der Waals surface area contributed by atoms with Gasteiger partial charge in [-0.3, -0.25) is 0 Å². The van der Waals surface area contributed by atoms with Gasteiger partial charge < -0.3 is 10.6 Å². The Balaban J connectivity index is 1.87. The molecule has 3 rings (SSSR count). The molecule has 98 valence electrons. The molecule has 0 aromatic heterocycles. The lowest BCUT2D eigenvalue weighted by Gasteiger charge is -2.40. The maximum absolute atomic E-state index is 5.86. The number of rotatable bonds is 2. The van der Waals surface area contributed by atoms with E-state index in [-0.39, 0.29) is 0 Å². The van der Waals surface area contributed by atoms with Gasteiger partial charge >= 0.3 is 0 Å². The molecule has 2 nitrogen and oxygen atoms in total. The molecule has 0 spiro atoms. The Morgan fingerprint density at radius 3 is 2.50 bits per heavy atom. The summed E-state index contributed by atoms with van der Waals surface area (Å²) in [5.74, 6) is 0.743. The van der Waals surface area contributed by atoms with E-state index in [9.17, 15) is 0 Å². The fourth-order valence-electron chi connectivity index (χ4n) is 3.65. The zero-order valence-corrected chi connectivity index (χ0v) is 12.5. The van der Waals surface area contributed by atoms with E-state index < -0.39 is 0 Å². The van der Waals surface area contributed by atoms with Crippen LogP contribution in [0, 0.1) is 12.8 Å². The molecule has 2 aliphatic rings. The minimum absolute atomic E-state index is 0.715. The number of fused-ring (bicyclic) bond motifs is 2. The fourth-order valence-corrected chi connectivity index (χ4v) is 4.01. The Morgan fingerprint density at radius 2 is 1.94 bits per heavy atom. The topological polar surface area (TPSA) is 29.3 Å². The van der Waals surface area contributed by atoms with E-state index in [2.05, 4.69) is 46.0 Å². The number of halogens is 1. The summed E-state index contributed by atoms with van der Waals surface area (Å²) in [7, 11) is 0. The molecule has 18 heavy (non-hydrogen) atoms. The van der Waals surface area contributed by atoms with Crippen LogP contribution >= 0.6 is 15.9 Å². The minimum Gasteiger partial charge on any atom is -0.366 e. The summed E-state index contributed by atoms with van der Waals surface area (Å²) in [4.78, 5) is 2.65. The molecule has 0 aliphatic carbocycles. The third-order valence-corrected chi connectivity index (χ3v) is 5.47. The van der Waals surface area contributed by atoms with Gasteiger partial charge in [-0.2, -0.15) is 0 Å². The van der Waals surface area contributed by atoms with Crippen molar-refractivity contribution in [3.05, 3.63) is 28.2 Å². The van der Waals surface area contributed by atoms with Crippen molar-refractivity contribution in [1.29, 1.82) is 0 Å². The van der Waals surface area contributed by atoms with E-state index in [1.807, 2.05) is 0 Å². The Labute approximate surface area is 118 Å². The first-order chi connectivity index (χ1) is 8.69. The molecule has 0 saturated carbocycles. The number of nitrogens with two attached hydrogens (primary N) is 1. The molecule has 3 heteroatoms. The highest BCUT2D eigenvalue weighted by molar-refractivity contribution is 9.10. The van der Waals surface area contributed by atoms with Crippen molar-refractivity contribution in [2.24, 2.45) is 11.7 Å². The average Bonchev–Trinajstić information content (AvgIpc) is 2.64. The van der Waals surface area contributed by atoms with E-state index in [0.717, 1.165) is 12.5 Å². The Hall–Kier alpha value is -0.540. The predicted molar refractivity (Wildman–Crippen MR) is 79.9 cm³/mol. The van der Waals surface area contributed by atoms with Crippen LogP contribution in [-0.2, 0) is 0 Å². The van der Waals surface area contributed by atoms with Gasteiger partial charge in [-0.15, -0.1) is 0 Å². The van der Waals surface area contributed by atoms with Gasteiger partial charge in [-0.05, 0) is 62.8 Å². The average molecular weight is 309 g/mol. The molecular formula is C15H21BrN2. The van der Waals surface area contributed by atoms with E-state index in [1.165, 1.54) is 41.4 Å². The van der Waals surface area contributed by atoms with Gasteiger partial charge in [0.1, 0.15) is 0 Å². The van der Waals surface area contributed by atoms with Gasteiger partial charge in [-0.1, -0.05) is 22.0 Å². The molecule has 2 unspecified atom stereocenters. The third kappa shape index (κ3) is 2.08. The summed E-state index contributed by atoms with van der Waals surface area (Å²) in [6, 6.07) is 8.20. The van der Waals surface area contributed by atoms with Gasteiger partial charge in [0.25, 0.3) is 0 Å². The van der Waals surface area contributed by atoms with E-state index in [4.69, 9.17) is 5.73 Å². The van der Waals surface area contributed by atoms with Crippen LogP contribution in [0.15, 0.2) is 22.7 Å². The Bertz CT molecular complexity index is 432. The quantitative estimate of drug-likeness (QED) is 0.906. The summed E-state index contributed by atoms with van der Waals surface area (Å²) in [5.41, 5.74) is 8.55. The molecular weight excluding hydrogens is 288 g/mol. The lowest BCUT2D eigenvalue weighted by Crippen LogP contribution is -2.44. The standard InChI is InChI=1S/C15H21BrN2/c1-10-2-3-14(8-15(10)16)18-12-4-5-13(18)7-11(6-12)9-17/h2-3,8,11-13H,4-7,9,17H2,1H3. The fraction of sp³-hybridized carbons (Fsp3) is 0.600. The smallest absolute Gasteiger partial charge is 0.0382 e. The third-order valence-electron chi connectivity index (χ3n) is 4.62. The van der Waals surface area contributed by atoms with E-state index in [1.54, 1.807) is 0 Å². The lowest BCUT2D eigenvalue weighted by molar-refractivity contribution is 0.347. The summed E-state index contributed by atoms with van der Waals surface area (Å²) >= 11 is 3.65. The molecule has 2 aliphatic heterocycles. The first-order valence-corrected chi connectivity index (χ1v) is 7.73. The highest BCUT2D eigenvalue weighted by Gasteiger charge is 2.40. The largest absolute Gasteiger partial charge is 0.366 e. The van der Waals surface area contributed by atoms with Gasteiger partial charge in [-0.25, -0.2) is 0 Å². The van der Waals surface area contributed by atoms with Crippen molar-refractivity contribution >= 4 is 21.6 Å². The molecule has 2 atom stereocenters. The number of benzene rings is 1. The SMILES string of the molecule is Cc1ccc(N2C3CCC2CC(CN)C3)cc1Br. The second-order valence-corrected chi connectivity index (χ2v) is 6.65. The first kappa shape index (κ1) is 12.5. The van der Waals surface area contributed by atoms with Crippen molar-refractivity contribution in [3.8, 4) is 0 Å². The first-order valence-electron chi connectivity index (χ1n) is 6.93. The summed E-state index contributed by atoms with van der Waals surface area (Å²) < 4.78 is 1.22. The van der Waals surface area contributed by atoms with Gasteiger partial charge in [0.05, 0.1) is 0 Å². The van der Waals surface area contributed by atoms with E-state index >= 15 is 0 Å². The van der Waals surface area contributed by atoms with Gasteiger partial charge in [0.2, 0.25) is 0 Å². The maximum Gasteiger partial charge on any atom is 0.0382 e. The lowest BCUT2D eigenvalue weighted by atomic mass is 9.90. The molecule has 2 heterocycles. The zero-order valence-electron chi connectivity index (χ0n) is 10.9. The van der Waals surface area contributed by atoms with Crippen molar-refractivity contribution in [3.63, 3.8) is 0 Å². The van der Waals surface area contributed by atoms with Gasteiger partial charge in [0.15, 0.2) is 0 Å². The molecule has 1 aromatic rings. The predicted octanol–water partition coefficient (Wildman–Crippen LogP) is 3.46. The second kappa shape index (κ2) is 4.86. The summed E-state index contributed by atoms with van der Waals surface area (Å²) in [6.07, 6.45) is 5.23. The maximum atomic E-state index is 5.86. The van der Waals surface area contributed by atoms with Crippen molar-refractivity contribution < 1.29 is 0 Å². The zero-order chi connectivity index (χ0) is 12.7. The van der Waals surface area contributed by atoms with Crippen LogP contribution in [0.5, 0.6) is 0 Å². The molecule has 2 N–H and O–H groups in total. The molecule has 0 radical (unpaired) electrons. The number of aryl methyl sites for hydroxylation is 1. The Morgan fingerprint density at radius 1 is 1.28 bits per heavy atom. The number of piperidine rings is 1. The number of hydrogen-bond donors (Lipinski definition) is 1. The van der Waals surface area contributed by atoms with Crippen molar-refractivity contribution in [1.82, 2.24) is 0 Å². The normalized spacial score (nSPS) is 30.8. The Kier molecular flexibility index (Phi) is 3.37. The summed E-state index contributed by atoms with van der Waals surface area (Å²) in [5, 5.41) is 0. The van der Waals surface area contributed by atoms with Crippen LogP contribution in [0.3, 0.4) is 0 Å². The molecule has 2 fully saturated rings. The van der Waals surface area contributed by atoms with Crippen LogP contribution in [-0.4, -0.2) is 18.6 Å². The van der Waals surface area contributed by atoms with Crippen LogP contribution in [0.2, 0.25) is 0 Å². The highest BCUT2D eigenvalue weighted by Crippen LogP contribution is 2.42. The van der Waals surface area contributed by atoms with Crippen molar-refractivity contribution in [2.45, 2.75) is 44.7 Å². The molecule has 1 aromatic carbocycles. The molecule has 2 bridgehead atoms. The second-order valence-electron chi connectivity index (χ2n) is 5.80. The molecule has 0 amide bonds. The highest BCUT2D eigenvalue weighted by atomic mass is 79.9. The minimum atomic E-state index is 0.715. The number of hydrogen-bond acceptors (Lipinski definition) is 2. The molecule has 2 saturated heterocycles. The van der Waals surface area contributed by atoms with Crippen LogP contribution < -0.4 is 10.6 Å². The number of anilines is 1.